The van der Waals surface area contributed by atoms with Gasteiger partial charge >= 0.3 is 6.18 Å². The number of hydrogen-bond acceptors (Lipinski definition) is 3. The maximum absolute atomic E-state index is 12.5. The first kappa shape index (κ1) is 11.5. The van der Waals surface area contributed by atoms with Gasteiger partial charge in [0.2, 0.25) is 0 Å². The van der Waals surface area contributed by atoms with Crippen LogP contribution in [0.25, 0.3) is 10.9 Å². The van der Waals surface area contributed by atoms with Crippen LogP contribution < -0.4 is 0 Å². The van der Waals surface area contributed by atoms with Crippen LogP contribution in [0.3, 0.4) is 0 Å². The molecule has 0 saturated heterocycles. The normalized spacial score (nSPS) is 12.0. The number of phenolic OH excluding ortho intramolecular Hbond substituents is 2. The molecule has 0 atom stereocenters. The quantitative estimate of drug-likeness (QED) is 0.699. The fraction of sp³-hybridized carbons (Fsp3) is 0.182. The lowest BCUT2D eigenvalue weighted by atomic mass is 10.1. The fourth-order valence-electron chi connectivity index (χ4n) is 1.65. The number of aromatic nitrogens is 1. The van der Waals surface area contributed by atoms with Gasteiger partial charge in [0.1, 0.15) is 22.7 Å². The molecule has 0 aliphatic rings. The van der Waals surface area contributed by atoms with Crippen molar-refractivity contribution in [2.75, 3.05) is 0 Å². The summed E-state index contributed by atoms with van der Waals surface area (Å²) in [5.74, 6) is -0.608. The number of aromatic hydroxyl groups is 2. The highest BCUT2D eigenvalue weighted by molar-refractivity contribution is 5.92. The summed E-state index contributed by atoms with van der Waals surface area (Å²) < 4.78 is 37.6. The predicted molar refractivity (Wildman–Crippen MR) is 54.8 cm³/mol. The zero-order valence-electron chi connectivity index (χ0n) is 8.71. The lowest BCUT2D eigenvalue weighted by Gasteiger charge is -2.11. The van der Waals surface area contributed by atoms with Crippen LogP contribution in [-0.2, 0) is 6.18 Å². The van der Waals surface area contributed by atoms with E-state index in [4.69, 9.17) is 0 Å². The highest BCUT2D eigenvalue weighted by Gasteiger charge is 2.33. The van der Waals surface area contributed by atoms with Crippen LogP contribution >= 0.6 is 0 Å². The zero-order valence-corrected chi connectivity index (χ0v) is 8.71. The van der Waals surface area contributed by atoms with Crippen molar-refractivity contribution >= 4 is 10.9 Å². The van der Waals surface area contributed by atoms with E-state index < -0.39 is 17.6 Å². The maximum atomic E-state index is 12.5. The largest absolute Gasteiger partial charge is 0.507 e. The van der Waals surface area contributed by atoms with E-state index in [-0.39, 0.29) is 22.2 Å². The van der Waals surface area contributed by atoms with E-state index in [2.05, 4.69) is 4.98 Å². The first-order chi connectivity index (χ1) is 7.80. The van der Waals surface area contributed by atoms with Crippen LogP contribution in [0.4, 0.5) is 13.2 Å². The molecule has 2 N–H and O–H groups in total. The second kappa shape index (κ2) is 3.51. The molecule has 0 amide bonds. The second-order valence-corrected chi connectivity index (χ2v) is 3.65. The molecule has 0 aliphatic heterocycles. The Labute approximate surface area is 94.1 Å². The average molecular weight is 243 g/mol. The zero-order chi connectivity index (χ0) is 12.8. The van der Waals surface area contributed by atoms with Crippen molar-refractivity contribution in [1.29, 1.82) is 0 Å². The van der Waals surface area contributed by atoms with Crippen LogP contribution in [0, 0.1) is 6.92 Å². The molecule has 0 spiro atoms. The number of halogens is 3. The minimum atomic E-state index is -4.59. The number of fused-ring (bicyclic) bond motifs is 1. The van der Waals surface area contributed by atoms with Gasteiger partial charge in [0.05, 0.1) is 0 Å². The molecule has 17 heavy (non-hydrogen) atoms. The van der Waals surface area contributed by atoms with Crippen LogP contribution in [0.5, 0.6) is 11.5 Å². The Morgan fingerprint density at radius 1 is 1.12 bits per heavy atom. The highest BCUT2D eigenvalue weighted by atomic mass is 19.4. The first-order valence-corrected chi connectivity index (χ1v) is 4.70. The third kappa shape index (κ3) is 1.86. The summed E-state index contributed by atoms with van der Waals surface area (Å²) in [4.78, 5) is 3.33. The van der Waals surface area contributed by atoms with Gasteiger partial charge in [-0.2, -0.15) is 13.2 Å². The van der Waals surface area contributed by atoms with Crippen molar-refractivity contribution in [2.45, 2.75) is 13.1 Å². The average Bonchev–Trinajstić information content (AvgIpc) is 2.21. The molecule has 0 saturated carbocycles. The van der Waals surface area contributed by atoms with Gasteiger partial charge in [0.15, 0.2) is 0 Å². The van der Waals surface area contributed by atoms with Gasteiger partial charge in [-0.15, -0.1) is 0 Å². The van der Waals surface area contributed by atoms with Gasteiger partial charge in [0, 0.05) is 5.39 Å². The summed E-state index contributed by atoms with van der Waals surface area (Å²) in [7, 11) is 0. The van der Waals surface area contributed by atoms with Crippen molar-refractivity contribution < 1.29 is 23.4 Å². The summed E-state index contributed by atoms with van der Waals surface area (Å²) in [5.41, 5.74) is -1.14. The molecule has 6 heteroatoms. The van der Waals surface area contributed by atoms with Crippen molar-refractivity contribution in [2.24, 2.45) is 0 Å². The highest BCUT2D eigenvalue weighted by Crippen LogP contribution is 2.36. The molecule has 2 rings (SSSR count). The Kier molecular flexibility index (Phi) is 2.38. The molecule has 0 aliphatic carbocycles. The molecule has 1 aromatic carbocycles. The number of alkyl halides is 3. The Morgan fingerprint density at radius 3 is 2.29 bits per heavy atom. The molecular formula is C11H8F3NO2. The van der Waals surface area contributed by atoms with E-state index in [1.54, 1.807) is 0 Å². The topological polar surface area (TPSA) is 53.4 Å². The van der Waals surface area contributed by atoms with Gasteiger partial charge < -0.3 is 10.2 Å². The lowest BCUT2D eigenvalue weighted by molar-refractivity contribution is -0.141. The predicted octanol–water partition coefficient (Wildman–Crippen LogP) is 2.97. The molecule has 1 heterocycles. The minimum absolute atomic E-state index is 0.123. The van der Waals surface area contributed by atoms with Crippen molar-refractivity contribution in [1.82, 2.24) is 4.98 Å². The lowest BCUT2D eigenvalue weighted by Crippen LogP contribution is -2.08. The van der Waals surface area contributed by atoms with Crippen LogP contribution in [0.2, 0.25) is 0 Å². The Bertz CT molecular complexity index is 593. The van der Waals surface area contributed by atoms with Crippen molar-refractivity contribution in [3.8, 4) is 11.5 Å². The number of aryl methyl sites for hydroxylation is 1. The summed E-state index contributed by atoms with van der Waals surface area (Å²) in [5, 5.41) is 19.1. The number of rotatable bonds is 0. The van der Waals surface area contributed by atoms with E-state index >= 15 is 0 Å². The standard InChI is InChI=1S/C11H8F3NO2/c1-5-4-8(11(12,13)14)15-10-7(17)3-2-6(16)9(5)10/h2-4,16-17H,1H3. The fourth-order valence-corrected chi connectivity index (χ4v) is 1.65. The van der Waals surface area contributed by atoms with Crippen LogP contribution in [0.15, 0.2) is 18.2 Å². The van der Waals surface area contributed by atoms with Crippen molar-refractivity contribution in [3.05, 3.63) is 29.5 Å². The molecular weight excluding hydrogens is 235 g/mol. The van der Waals surface area contributed by atoms with E-state index in [1.165, 1.54) is 13.0 Å². The Morgan fingerprint density at radius 2 is 1.71 bits per heavy atom. The van der Waals surface area contributed by atoms with E-state index in [9.17, 15) is 23.4 Å². The number of hydrogen-bond donors (Lipinski definition) is 2. The molecule has 2 aromatic rings. The van der Waals surface area contributed by atoms with Crippen LogP contribution in [0.1, 0.15) is 11.3 Å². The minimum Gasteiger partial charge on any atom is -0.507 e. The maximum Gasteiger partial charge on any atom is 0.433 e. The van der Waals surface area contributed by atoms with Gasteiger partial charge in [0.25, 0.3) is 0 Å². The molecule has 1 aromatic heterocycles. The molecule has 0 fully saturated rings. The third-order valence-electron chi connectivity index (χ3n) is 2.40. The number of pyridine rings is 1. The van der Waals surface area contributed by atoms with Crippen LogP contribution in [-0.4, -0.2) is 15.2 Å². The monoisotopic (exact) mass is 243 g/mol. The number of nitrogens with zero attached hydrogens (tertiary/aromatic N) is 1. The van der Waals surface area contributed by atoms with E-state index in [0.717, 1.165) is 12.1 Å². The third-order valence-corrected chi connectivity index (χ3v) is 2.40. The summed E-state index contributed by atoms with van der Waals surface area (Å²) in [6.45, 7) is 1.42. The molecule has 90 valence electrons. The smallest absolute Gasteiger partial charge is 0.433 e. The Balaban J connectivity index is 2.87. The molecule has 0 radical (unpaired) electrons. The summed E-state index contributed by atoms with van der Waals surface area (Å²) >= 11 is 0. The SMILES string of the molecule is Cc1cc(C(F)(F)F)nc2c(O)ccc(O)c12. The molecule has 3 nitrogen and oxygen atoms in total. The molecule has 0 unspecified atom stereocenters. The number of benzene rings is 1. The second-order valence-electron chi connectivity index (χ2n) is 3.65. The van der Waals surface area contributed by atoms with Gasteiger partial charge in [-0.05, 0) is 30.7 Å². The van der Waals surface area contributed by atoms with Gasteiger partial charge in [-0.3, -0.25) is 0 Å². The van der Waals surface area contributed by atoms with Crippen molar-refractivity contribution in [3.63, 3.8) is 0 Å². The van der Waals surface area contributed by atoms with E-state index in [1.807, 2.05) is 0 Å². The Hall–Kier alpha value is -1.98. The van der Waals surface area contributed by atoms with Gasteiger partial charge in [-0.25, -0.2) is 4.98 Å². The summed E-state index contributed by atoms with van der Waals surface area (Å²) in [6.07, 6.45) is -4.59. The van der Waals surface area contributed by atoms with E-state index in [0.29, 0.717) is 0 Å². The first-order valence-electron chi connectivity index (χ1n) is 4.70. The summed E-state index contributed by atoms with van der Waals surface area (Å²) in [6, 6.07) is 3.14. The van der Waals surface area contributed by atoms with Gasteiger partial charge in [-0.1, -0.05) is 0 Å². The molecule has 0 bridgehead atoms. The number of phenols is 2.